The first-order valence-electron chi connectivity index (χ1n) is 8.42. The third-order valence-electron chi connectivity index (χ3n) is 2.08. The number of hydrogen-bond acceptors (Lipinski definition) is 10. The molecule has 0 amide bonds. The van der Waals surface area contributed by atoms with Gasteiger partial charge in [-0.1, -0.05) is 0 Å². The van der Waals surface area contributed by atoms with Crippen LogP contribution in [0.2, 0.25) is 58.9 Å². The van der Waals surface area contributed by atoms with Gasteiger partial charge in [0.05, 0.1) is 0 Å². The van der Waals surface area contributed by atoms with E-state index >= 15 is 0 Å². The lowest BCUT2D eigenvalue weighted by Gasteiger charge is -2.32. The Morgan fingerprint density at radius 1 is 0.750 bits per heavy atom. The molecule has 0 aromatic rings. The second-order valence-electron chi connectivity index (χ2n) is 7.89. The molecule has 0 aromatic heterocycles. The second-order valence-corrected chi connectivity index (χ2v) is 28.0. The second kappa shape index (κ2) is 12.4. The molecule has 28 heavy (non-hydrogen) atoms. The van der Waals surface area contributed by atoms with E-state index in [9.17, 15) is 9.59 Å². The summed E-state index contributed by atoms with van der Waals surface area (Å²) in [7, 11) is -14.7. The van der Waals surface area contributed by atoms with Crippen molar-refractivity contribution in [1.29, 1.82) is 0 Å². The van der Waals surface area contributed by atoms with Gasteiger partial charge in [-0.15, -0.1) is 0 Å². The van der Waals surface area contributed by atoms with Crippen molar-refractivity contribution < 1.29 is 42.8 Å². The van der Waals surface area contributed by atoms with Gasteiger partial charge >= 0.3 is 47.4 Å². The van der Waals surface area contributed by atoms with Crippen LogP contribution in [0.1, 0.15) is 0 Å². The maximum atomic E-state index is 10.8. The Hall–Kier alpha value is 1.34. The molecule has 10 nitrogen and oxygen atoms in total. The van der Waals surface area contributed by atoms with Crippen molar-refractivity contribution in [3.63, 3.8) is 0 Å². The van der Waals surface area contributed by atoms with Crippen LogP contribution in [0.3, 0.4) is 0 Å². The highest BCUT2D eigenvalue weighted by molar-refractivity contribution is 6.81. The summed E-state index contributed by atoms with van der Waals surface area (Å²) in [4.78, 5) is 21.3. The summed E-state index contributed by atoms with van der Waals surface area (Å²) in [5, 5.41) is 0. The molecule has 0 rings (SSSR count). The number of hydrogen-bond donors (Lipinski definition) is 2. The van der Waals surface area contributed by atoms with Gasteiger partial charge in [0.1, 0.15) is 0 Å². The van der Waals surface area contributed by atoms with Crippen LogP contribution in [0, 0.1) is 0 Å². The van der Waals surface area contributed by atoms with Crippen LogP contribution in [0.25, 0.3) is 0 Å². The van der Waals surface area contributed by atoms with Crippen molar-refractivity contribution in [3.8, 4) is 0 Å². The summed E-state index contributed by atoms with van der Waals surface area (Å²) in [6.07, 6.45) is 0. The molecule has 0 heterocycles. The van der Waals surface area contributed by atoms with Crippen molar-refractivity contribution in [2.24, 2.45) is 0 Å². The molecular weight excluding hydrogens is 505 g/mol. The van der Waals surface area contributed by atoms with Gasteiger partial charge in [0, 0.05) is 13.7 Å². The molecule has 2 N–H and O–H groups in total. The monoisotopic (exact) mass is 536 g/mol. The van der Waals surface area contributed by atoms with Gasteiger partial charge in [-0.05, 0) is 52.4 Å². The van der Waals surface area contributed by atoms with Gasteiger partial charge in [0.15, 0.2) is 25.7 Å². The molecule has 2 unspecified atom stereocenters. The Balaban J connectivity index is 4.97. The van der Waals surface area contributed by atoms with Crippen molar-refractivity contribution in [1.82, 2.24) is 0 Å². The summed E-state index contributed by atoms with van der Waals surface area (Å²) in [6.45, 7) is 17.0. The zero-order valence-corrected chi connectivity index (χ0v) is 26.2. The third kappa shape index (κ3) is 16.1. The molecule has 0 aliphatic heterocycles. The van der Waals surface area contributed by atoms with Crippen LogP contribution >= 0.6 is 0 Å². The Labute approximate surface area is 181 Å². The highest BCUT2D eigenvalue weighted by Gasteiger charge is 2.51. The molecule has 0 spiro atoms. The lowest BCUT2D eigenvalue weighted by Crippen LogP contribution is -2.59. The maximum absolute atomic E-state index is 10.8. The zero-order chi connectivity index (χ0) is 22.2. The van der Waals surface area contributed by atoms with Gasteiger partial charge in [-0.2, -0.15) is 0 Å². The van der Waals surface area contributed by atoms with E-state index in [1.54, 1.807) is 0 Å². The molecule has 2 atom stereocenters. The molecule has 18 heteroatoms. The van der Waals surface area contributed by atoms with E-state index in [1.165, 1.54) is 13.7 Å². The van der Waals surface area contributed by atoms with Crippen LogP contribution in [0.5, 0.6) is 0 Å². The Morgan fingerprint density at radius 3 is 1.75 bits per heavy atom. The van der Waals surface area contributed by atoms with Gasteiger partial charge in [0.2, 0.25) is 0 Å². The molecule has 0 bridgehead atoms. The van der Waals surface area contributed by atoms with Gasteiger partial charge in [-0.3, -0.25) is 0 Å². The van der Waals surface area contributed by atoms with E-state index in [0.29, 0.717) is 0 Å². The standard InChI is InChI=1S/C10H32O10Si8/c1-13-24(18-27(10,11)16-22-15-25(4,5)6)19-28(12,20-26(7,8)9)17-21-14-23(2)3/h11-12H,1-10H3. The predicted molar refractivity (Wildman–Crippen MR) is 118 cm³/mol. The average molecular weight is 537 g/mol. The van der Waals surface area contributed by atoms with E-state index in [0.717, 1.165) is 0 Å². The number of rotatable bonds is 15. The minimum absolute atomic E-state index is 0.356. The van der Waals surface area contributed by atoms with Crippen molar-refractivity contribution in [3.05, 3.63) is 0 Å². The van der Waals surface area contributed by atoms with Crippen LogP contribution in [0.4, 0.5) is 0 Å². The fourth-order valence-corrected chi connectivity index (χ4v) is 13.6. The van der Waals surface area contributed by atoms with Crippen molar-refractivity contribution in [2.75, 3.05) is 7.11 Å². The minimum Gasteiger partial charge on any atom is -0.435 e. The predicted octanol–water partition coefficient (Wildman–Crippen LogP) is 0.712. The molecule has 0 saturated heterocycles. The summed E-state index contributed by atoms with van der Waals surface area (Å²) < 4.78 is 43.9. The Bertz CT molecular complexity index is 445. The maximum Gasteiger partial charge on any atom is 0.649 e. The van der Waals surface area contributed by atoms with Crippen LogP contribution in [0.15, 0.2) is 0 Å². The topological polar surface area (TPSA) is 114 Å². The van der Waals surface area contributed by atoms with E-state index in [-0.39, 0.29) is 10.0 Å². The van der Waals surface area contributed by atoms with E-state index < -0.39 is 63.1 Å². The summed E-state index contributed by atoms with van der Waals surface area (Å²) in [6, 6.07) is 0. The van der Waals surface area contributed by atoms with Crippen LogP contribution < -0.4 is 0 Å². The molecule has 164 valence electrons. The van der Waals surface area contributed by atoms with Crippen LogP contribution in [-0.4, -0.2) is 89.8 Å². The largest absolute Gasteiger partial charge is 0.649 e. The molecular formula is C10H32O10Si8. The quantitative estimate of drug-likeness (QED) is 0.290. The van der Waals surface area contributed by atoms with E-state index in [4.69, 9.17) is 33.2 Å². The summed E-state index contributed by atoms with van der Waals surface area (Å²) in [5.41, 5.74) is 0. The average Bonchev–Trinajstić information content (AvgIpc) is 2.41. The Morgan fingerprint density at radius 2 is 1.32 bits per heavy atom. The molecule has 0 saturated carbocycles. The van der Waals surface area contributed by atoms with Gasteiger partial charge in [-0.25, -0.2) is 0 Å². The van der Waals surface area contributed by atoms with Gasteiger partial charge in [0.25, 0.3) is 0 Å². The van der Waals surface area contributed by atoms with Crippen LogP contribution in [-0.2, 0) is 33.2 Å². The highest BCUT2D eigenvalue weighted by Crippen LogP contribution is 2.17. The first-order chi connectivity index (χ1) is 12.5. The van der Waals surface area contributed by atoms with E-state index in [1.807, 2.05) is 52.4 Å². The molecule has 0 aliphatic rings. The lowest BCUT2D eigenvalue weighted by atomic mass is 11.8. The Kier molecular flexibility index (Phi) is 13.0. The van der Waals surface area contributed by atoms with E-state index in [2.05, 4.69) is 0 Å². The van der Waals surface area contributed by atoms with Gasteiger partial charge < -0.3 is 42.8 Å². The smallest absolute Gasteiger partial charge is 0.435 e. The third-order valence-corrected chi connectivity index (χ3v) is 17.7. The van der Waals surface area contributed by atoms with Crippen molar-refractivity contribution in [2.45, 2.75) is 58.9 Å². The normalized spacial score (nSPS) is 17.8. The fourth-order valence-electron chi connectivity index (χ4n) is 1.21. The molecule has 0 aliphatic carbocycles. The zero-order valence-electron chi connectivity index (χ0n) is 18.2. The molecule has 0 aromatic carbocycles. The summed E-state index contributed by atoms with van der Waals surface area (Å²) >= 11 is 0. The first kappa shape index (κ1) is 29.3. The van der Waals surface area contributed by atoms with Crippen molar-refractivity contribution >= 4 is 73.1 Å². The minimum atomic E-state index is -4.10. The highest BCUT2D eigenvalue weighted by atomic mass is 28.5. The first-order valence-corrected chi connectivity index (χ1v) is 24.4. The fraction of sp³-hybridized carbons (Fsp3) is 1.00. The molecule has 0 fully saturated rings. The summed E-state index contributed by atoms with van der Waals surface area (Å²) in [5.74, 6) is 0. The molecule has 6 radical (unpaired) electrons. The SMILES string of the molecule is CO[Si](O[Si](C)(O)O[Si]O[Si](C)(C)C)O[Si](O)(O[Si]O[Si](C)C)O[Si](C)(C)C. The lowest BCUT2D eigenvalue weighted by molar-refractivity contribution is 0.0929.